The number of rotatable bonds is 3. The van der Waals surface area contributed by atoms with Gasteiger partial charge in [-0.1, -0.05) is 0 Å². The number of nitro groups is 1. The molecule has 2 rings (SSSR count). The first kappa shape index (κ1) is 14.4. The number of nitrogens with two attached hydrogens (primary N) is 1. The molecule has 0 unspecified atom stereocenters. The largest absolute Gasteiger partial charge is 0.384 e. The van der Waals surface area contributed by atoms with Crippen LogP contribution < -0.4 is 11.1 Å². The molecule has 108 valence electrons. The van der Waals surface area contributed by atoms with Crippen molar-refractivity contribution in [2.24, 2.45) is 0 Å². The third-order valence-electron chi connectivity index (χ3n) is 2.64. The summed E-state index contributed by atoms with van der Waals surface area (Å²) in [5, 5.41) is 12.9. The van der Waals surface area contributed by atoms with Crippen LogP contribution in [0.5, 0.6) is 0 Å². The third kappa shape index (κ3) is 3.30. The van der Waals surface area contributed by atoms with E-state index in [4.69, 9.17) is 5.73 Å². The number of aryl methyl sites for hydroxylation is 1. The van der Waals surface area contributed by atoms with Crippen LogP contribution in [0.25, 0.3) is 0 Å². The predicted molar refractivity (Wildman–Crippen MR) is 74.4 cm³/mol. The fraction of sp³-hybridized carbons (Fsp3) is 0.0769. The Kier molecular flexibility index (Phi) is 3.79. The van der Waals surface area contributed by atoms with Crippen molar-refractivity contribution in [1.82, 2.24) is 4.98 Å². The molecule has 0 aliphatic rings. The Morgan fingerprint density at radius 1 is 1.38 bits per heavy atom. The van der Waals surface area contributed by atoms with Crippen molar-refractivity contribution >= 4 is 23.1 Å². The minimum Gasteiger partial charge on any atom is -0.384 e. The Morgan fingerprint density at radius 2 is 2.10 bits per heavy atom. The third-order valence-corrected chi connectivity index (χ3v) is 2.64. The number of anilines is 2. The predicted octanol–water partition coefficient (Wildman–Crippen LogP) is 2.27. The van der Waals surface area contributed by atoms with Gasteiger partial charge in [-0.05, 0) is 25.1 Å². The highest BCUT2D eigenvalue weighted by Crippen LogP contribution is 2.21. The number of hydrogen-bond acceptors (Lipinski definition) is 5. The second-order valence-electron chi connectivity index (χ2n) is 4.30. The molecule has 21 heavy (non-hydrogen) atoms. The summed E-state index contributed by atoms with van der Waals surface area (Å²) in [5.41, 5.74) is 5.82. The first-order valence-electron chi connectivity index (χ1n) is 5.86. The summed E-state index contributed by atoms with van der Waals surface area (Å²) >= 11 is 0. The zero-order valence-electron chi connectivity index (χ0n) is 11.0. The number of nitrogens with one attached hydrogen (secondary N) is 1. The van der Waals surface area contributed by atoms with Gasteiger partial charge in [0.1, 0.15) is 5.82 Å². The van der Waals surface area contributed by atoms with Gasteiger partial charge in [-0.15, -0.1) is 0 Å². The number of nitrogens with zero attached hydrogens (tertiary/aromatic N) is 2. The Balaban J connectivity index is 2.23. The van der Waals surface area contributed by atoms with Gasteiger partial charge in [0.15, 0.2) is 0 Å². The number of nitrogen functional groups attached to an aromatic ring is 1. The second-order valence-corrected chi connectivity index (χ2v) is 4.30. The van der Waals surface area contributed by atoms with E-state index in [1.165, 1.54) is 18.2 Å². The summed E-state index contributed by atoms with van der Waals surface area (Å²) in [5.74, 6) is -1.35. The summed E-state index contributed by atoms with van der Waals surface area (Å²) in [6, 6.07) is 6.01. The number of pyridine rings is 1. The highest BCUT2D eigenvalue weighted by molar-refractivity contribution is 6.04. The van der Waals surface area contributed by atoms with E-state index < -0.39 is 22.3 Å². The normalized spacial score (nSPS) is 10.2. The van der Waals surface area contributed by atoms with E-state index in [0.717, 1.165) is 12.1 Å². The van der Waals surface area contributed by atoms with Crippen LogP contribution in [0.4, 0.5) is 21.6 Å². The molecule has 0 fully saturated rings. The van der Waals surface area contributed by atoms with Crippen LogP contribution in [-0.2, 0) is 0 Å². The average molecular weight is 290 g/mol. The molecule has 1 aromatic heterocycles. The van der Waals surface area contributed by atoms with Gasteiger partial charge in [-0.3, -0.25) is 14.9 Å². The average Bonchev–Trinajstić information content (AvgIpc) is 2.37. The Labute approximate surface area is 118 Å². The molecule has 1 aromatic carbocycles. The van der Waals surface area contributed by atoms with Crippen LogP contribution in [0.2, 0.25) is 0 Å². The fourth-order valence-electron chi connectivity index (χ4n) is 1.76. The van der Waals surface area contributed by atoms with Gasteiger partial charge >= 0.3 is 5.69 Å². The summed E-state index contributed by atoms with van der Waals surface area (Å²) < 4.78 is 13.5. The SMILES string of the molecule is Cc1cc(C(=O)Nc2ccc([N+](=O)[O-])c(F)c2)cc(N)n1. The minimum atomic E-state index is -1.02. The van der Waals surface area contributed by atoms with Gasteiger partial charge < -0.3 is 11.1 Å². The summed E-state index contributed by atoms with van der Waals surface area (Å²) in [4.78, 5) is 25.6. The number of benzene rings is 1. The molecule has 0 atom stereocenters. The van der Waals surface area contributed by atoms with Crippen molar-refractivity contribution in [1.29, 1.82) is 0 Å². The van der Waals surface area contributed by atoms with Crippen molar-refractivity contribution in [2.75, 3.05) is 11.1 Å². The molecule has 2 aromatic rings. The molecule has 1 amide bonds. The van der Waals surface area contributed by atoms with Crippen LogP contribution in [0.15, 0.2) is 30.3 Å². The zero-order valence-corrected chi connectivity index (χ0v) is 11.0. The van der Waals surface area contributed by atoms with Gasteiger partial charge in [-0.25, -0.2) is 4.98 Å². The summed E-state index contributed by atoms with van der Waals surface area (Å²) in [7, 11) is 0. The Morgan fingerprint density at radius 3 is 2.67 bits per heavy atom. The van der Waals surface area contributed by atoms with Crippen LogP contribution in [0, 0.1) is 22.9 Å². The lowest BCUT2D eigenvalue weighted by atomic mass is 10.2. The van der Waals surface area contributed by atoms with Crippen molar-refractivity contribution in [3.8, 4) is 0 Å². The molecular formula is C13H11FN4O3. The molecule has 8 heteroatoms. The Bertz CT molecular complexity index is 713. The highest BCUT2D eigenvalue weighted by atomic mass is 19.1. The molecule has 0 aliphatic heterocycles. The van der Waals surface area contributed by atoms with Crippen molar-refractivity contribution in [3.05, 3.63) is 57.5 Å². The number of hydrogen-bond donors (Lipinski definition) is 2. The lowest BCUT2D eigenvalue weighted by molar-refractivity contribution is -0.387. The molecule has 3 N–H and O–H groups in total. The fourth-order valence-corrected chi connectivity index (χ4v) is 1.76. The van der Waals surface area contributed by atoms with E-state index in [9.17, 15) is 19.3 Å². The lowest BCUT2D eigenvalue weighted by Crippen LogP contribution is -2.13. The molecule has 0 saturated carbocycles. The molecule has 0 saturated heterocycles. The molecule has 7 nitrogen and oxygen atoms in total. The molecule has 0 aliphatic carbocycles. The molecule has 1 heterocycles. The number of carbonyl (C=O) groups excluding carboxylic acids is 1. The number of aromatic nitrogens is 1. The number of carbonyl (C=O) groups is 1. The van der Waals surface area contributed by atoms with E-state index in [0.29, 0.717) is 5.69 Å². The number of halogens is 1. The lowest BCUT2D eigenvalue weighted by Gasteiger charge is -2.07. The number of amides is 1. The molecular weight excluding hydrogens is 279 g/mol. The minimum absolute atomic E-state index is 0.108. The quantitative estimate of drug-likeness (QED) is 0.665. The van der Waals surface area contributed by atoms with E-state index in [2.05, 4.69) is 10.3 Å². The standard InChI is InChI=1S/C13H11FN4O3/c1-7-4-8(5-12(15)16-7)13(19)17-9-2-3-11(18(20)21)10(14)6-9/h2-6H,1H3,(H2,15,16)(H,17,19). The molecule has 0 spiro atoms. The van der Waals surface area contributed by atoms with Gasteiger partial charge in [-0.2, -0.15) is 4.39 Å². The smallest absolute Gasteiger partial charge is 0.304 e. The van der Waals surface area contributed by atoms with E-state index >= 15 is 0 Å². The summed E-state index contributed by atoms with van der Waals surface area (Å²) in [6.45, 7) is 1.68. The number of nitro benzene ring substituents is 1. The maximum absolute atomic E-state index is 13.5. The van der Waals surface area contributed by atoms with Crippen molar-refractivity contribution in [3.63, 3.8) is 0 Å². The summed E-state index contributed by atoms with van der Waals surface area (Å²) in [6.07, 6.45) is 0. The van der Waals surface area contributed by atoms with Crippen LogP contribution in [0.3, 0.4) is 0 Å². The Hall–Kier alpha value is -3.03. The van der Waals surface area contributed by atoms with Gasteiger partial charge in [0.2, 0.25) is 5.82 Å². The topological polar surface area (TPSA) is 111 Å². The van der Waals surface area contributed by atoms with Crippen LogP contribution >= 0.6 is 0 Å². The highest BCUT2D eigenvalue weighted by Gasteiger charge is 2.15. The van der Waals surface area contributed by atoms with E-state index in [-0.39, 0.29) is 17.1 Å². The van der Waals surface area contributed by atoms with E-state index in [1.807, 2.05) is 0 Å². The molecule has 0 bridgehead atoms. The van der Waals surface area contributed by atoms with Crippen molar-refractivity contribution in [2.45, 2.75) is 6.92 Å². The van der Waals surface area contributed by atoms with Crippen LogP contribution in [0.1, 0.15) is 16.1 Å². The maximum Gasteiger partial charge on any atom is 0.304 e. The first-order valence-corrected chi connectivity index (χ1v) is 5.86. The maximum atomic E-state index is 13.5. The van der Waals surface area contributed by atoms with Crippen molar-refractivity contribution < 1.29 is 14.1 Å². The van der Waals surface area contributed by atoms with Gasteiger partial charge in [0.05, 0.1) is 4.92 Å². The first-order chi connectivity index (χ1) is 9.86. The zero-order chi connectivity index (χ0) is 15.6. The molecule has 0 radical (unpaired) electrons. The monoisotopic (exact) mass is 290 g/mol. The second kappa shape index (κ2) is 5.53. The van der Waals surface area contributed by atoms with Crippen LogP contribution in [-0.4, -0.2) is 15.8 Å². The van der Waals surface area contributed by atoms with Gasteiger partial charge in [0, 0.05) is 29.1 Å². The van der Waals surface area contributed by atoms with E-state index in [1.54, 1.807) is 6.92 Å². The van der Waals surface area contributed by atoms with Gasteiger partial charge in [0.25, 0.3) is 5.91 Å².